The molecule has 0 aliphatic rings. The third-order valence-electron chi connectivity index (χ3n) is 25.5. The molecule has 0 fully saturated rings. The van der Waals surface area contributed by atoms with Crippen LogP contribution in [0.1, 0.15) is 479 Å². The Bertz CT molecular complexity index is 2280. The average molecular weight is 1850 g/mol. The monoisotopic (exact) mass is 1850 g/mol. The summed E-state index contributed by atoms with van der Waals surface area (Å²) in [5.41, 5.74) is 0. The van der Waals surface area contributed by atoms with Crippen LogP contribution in [0.4, 0.5) is 0 Å². The molecule has 23 heteroatoms. The van der Waals surface area contributed by atoms with Gasteiger partial charge in [-0.1, -0.05) is 312 Å². The SMILES string of the molecule is CCCCCCCCC(CCCCCC)C(=O)OCCCCCCOC(=O)C(O)CN(CCCN(C)CCCN(CC(O)C(=O)OCCCCCCOC(=O)C(CCCCCC)CCCCCCCC)CC(O)C(=O)OCCCCCCOC(=O)C(CCCCCC)CCCCCCCC)CC(O)C(=O)OCCCCCCOC(=O)C(CCCCCC)CCCCCCCC. The lowest BCUT2D eigenvalue weighted by Crippen LogP contribution is -2.45. The maximum absolute atomic E-state index is 13.4. The molecule has 0 spiro atoms. The van der Waals surface area contributed by atoms with Gasteiger partial charge in [0.2, 0.25) is 0 Å². The summed E-state index contributed by atoms with van der Waals surface area (Å²) in [4.78, 5) is 112. The molecular weight excluding hydrogens is 1650 g/mol. The van der Waals surface area contributed by atoms with Crippen LogP contribution < -0.4 is 0 Å². The van der Waals surface area contributed by atoms with E-state index in [2.05, 4.69) is 55.4 Å². The second-order valence-corrected chi connectivity index (χ2v) is 38.0. The first-order valence-corrected chi connectivity index (χ1v) is 54.5. The van der Waals surface area contributed by atoms with Crippen molar-refractivity contribution in [2.45, 2.75) is 504 Å². The first-order valence-electron chi connectivity index (χ1n) is 54.5. The van der Waals surface area contributed by atoms with Crippen LogP contribution in [-0.2, 0) is 76.3 Å². The van der Waals surface area contributed by atoms with E-state index in [0.717, 1.165) is 231 Å². The number of rotatable bonds is 100. The number of aliphatic hydroxyl groups is 4. The van der Waals surface area contributed by atoms with Crippen LogP contribution in [0.3, 0.4) is 0 Å². The Morgan fingerprint density at radius 2 is 0.323 bits per heavy atom. The van der Waals surface area contributed by atoms with Crippen molar-refractivity contribution in [3.8, 4) is 0 Å². The molecule has 766 valence electrons. The third kappa shape index (κ3) is 76.6. The number of hydrogen-bond acceptors (Lipinski definition) is 23. The molecule has 0 saturated carbocycles. The van der Waals surface area contributed by atoms with Crippen molar-refractivity contribution in [1.82, 2.24) is 14.7 Å². The highest BCUT2D eigenvalue weighted by atomic mass is 16.6. The van der Waals surface area contributed by atoms with Gasteiger partial charge in [0.15, 0.2) is 24.4 Å². The second kappa shape index (κ2) is 93.5. The zero-order valence-electron chi connectivity index (χ0n) is 85.3. The molecule has 0 aromatic rings. The van der Waals surface area contributed by atoms with Crippen molar-refractivity contribution < 1.29 is 96.7 Å². The van der Waals surface area contributed by atoms with E-state index in [-0.39, 0.29) is 113 Å². The fourth-order valence-electron chi connectivity index (χ4n) is 17.0. The standard InChI is InChI=1S/C107H203N3O20/c1-10-18-26-34-38-54-72-92(68-50-30-22-14-5)100(115)123-80-58-42-46-62-84-127-104(119)96(111)88-109(89-97(112)105(120)128-85-63-47-43-59-81-124-101(116)93(69-51-31-23-15-6)73-55-39-35-27-19-11-2)78-66-76-108(9)77-67-79-110(90-98(113)106(121)129-86-64-48-44-60-82-125-102(117)94(70-52-32-24-16-7)74-56-40-36-28-20-12-3)91-99(114)107(122)130-87-65-49-45-61-83-126-103(118)95(71-53-33-25-17-8)75-57-41-37-29-21-13-4/h92-99,111-114H,10-91H2,1-9H3. The van der Waals surface area contributed by atoms with E-state index in [1.54, 1.807) is 9.80 Å². The number of aliphatic hydroxyl groups excluding tert-OH is 4. The number of carbonyl (C=O) groups is 8. The van der Waals surface area contributed by atoms with Crippen LogP contribution in [0.2, 0.25) is 0 Å². The highest BCUT2D eigenvalue weighted by Crippen LogP contribution is 2.27. The summed E-state index contributed by atoms with van der Waals surface area (Å²) < 4.78 is 45.4. The minimum absolute atomic E-state index is 0.0657. The normalized spacial score (nSPS) is 13.5. The number of carbonyl (C=O) groups excluding carboxylic acids is 8. The van der Waals surface area contributed by atoms with Gasteiger partial charge in [0.05, 0.1) is 76.5 Å². The van der Waals surface area contributed by atoms with Gasteiger partial charge in [0, 0.05) is 26.2 Å². The fourth-order valence-corrected chi connectivity index (χ4v) is 17.0. The number of hydrogen-bond donors (Lipinski definition) is 4. The molecule has 8 atom stereocenters. The molecule has 0 bridgehead atoms. The fraction of sp³-hybridized carbons (Fsp3) is 0.925. The number of nitrogens with zero attached hydrogens (tertiary/aromatic N) is 3. The van der Waals surface area contributed by atoms with Gasteiger partial charge < -0.3 is 63.2 Å². The van der Waals surface area contributed by atoms with Gasteiger partial charge in [-0.25, -0.2) is 19.2 Å². The highest BCUT2D eigenvalue weighted by molar-refractivity contribution is 5.77. The summed E-state index contributed by atoms with van der Waals surface area (Å²) in [6.07, 6.45) is 58.5. The quantitative estimate of drug-likeness (QED) is 0.0250. The molecule has 0 aliphatic heterocycles. The lowest BCUT2D eigenvalue weighted by Gasteiger charge is -2.28. The lowest BCUT2D eigenvalue weighted by molar-refractivity contribution is -0.158. The topological polar surface area (TPSA) is 301 Å². The molecule has 4 N–H and O–H groups in total. The van der Waals surface area contributed by atoms with Crippen molar-refractivity contribution in [3.63, 3.8) is 0 Å². The summed E-state index contributed by atoms with van der Waals surface area (Å²) in [5.74, 6) is -3.96. The predicted octanol–water partition coefficient (Wildman–Crippen LogP) is 23.7. The van der Waals surface area contributed by atoms with Gasteiger partial charge in [-0.05, 0) is 200 Å². The molecular formula is C107H203N3O20. The number of esters is 8. The van der Waals surface area contributed by atoms with Crippen LogP contribution in [-0.4, -0.2) is 220 Å². The summed E-state index contributed by atoms with van der Waals surface area (Å²) in [6.45, 7) is 19.8. The van der Waals surface area contributed by atoms with E-state index in [4.69, 9.17) is 37.9 Å². The molecule has 23 nitrogen and oxygen atoms in total. The van der Waals surface area contributed by atoms with Gasteiger partial charge in [0.25, 0.3) is 0 Å². The molecule has 130 heavy (non-hydrogen) atoms. The Balaban J connectivity index is 6.17. The van der Waals surface area contributed by atoms with Crippen molar-refractivity contribution in [3.05, 3.63) is 0 Å². The van der Waals surface area contributed by atoms with Crippen LogP contribution in [0.5, 0.6) is 0 Å². The average Bonchev–Trinajstić information content (AvgIpc) is 0.897. The lowest BCUT2D eigenvalue weighted by atomic mass is 9.94. The summed E-state index contributed by atoms with van der Waals surface area (Å²) in [6, 6.07) is 0. The van der Waals surface area contributed by atoms with Crippen molar-refractivity contribution >= 4 is 47.8 Å². The smallest absolute Gasteiger partial charge is 0.336 e. The Hall–Kier alpha value is -4.52. The van der Waals surface area contributed by atoms with E-state index >= 15 is 0 Å². The van der Waals surface area contributed by atoms with Gasteiger partial charge in [0.1, 0.15) is 0 Å². The highest BCUT2D eigenvalue weighted by Gasteiger charge is 2.30. The van der Waals surface area contributed by atoms with E-state index < -0.39 is 48.3 Å². The molecule has 0 aromatic heterocycles. The van der Waals surface area contributed by atoms with Crippen molar-refractivity contribution in [1.29, 1.82) is 0 Å². The molecule has 0 rings (SSSR count). The van der Waals surface area contributed by atoms with E-state index in [1.807, 2.05) is 11.9 Å². The Morgan fingerprint density at radius 3 is 0.492 bits per heavy atom. The van der Waals surface area contributed by atoms with Gasteiger partial charge in [-0.2, -0.15) is 0 Å². The first kappa shape index (κ1) is 125. The summed E-state index contributed by atoms with van der Waals surface area (Å²) in [5, 5.41) is 45.4. The largest absolute Gasteiger partial charge is 0.465 e. The van der Waals surface area contributed by atoms with Crippen LogP contribution in [0, 0.1) is 23.7 Å². The molecule has 0 saturated heterocycles. The molecule has 0 radical (unpaired) electrons. The van der Waals surface area contributed by atoms with Crippen LogP contribution in [0.25, 0.3) is 0 Å². The van der Waals surface area contributed by atoms with Crippen LogP contribution >= 0.6 is 0 Å². The molecule has 0 aliphatic carbocycles. The number of ether oxygens (including phenoxy) is 8. The summed E-state index contributed by atoms with van der Waals surface area (Å²) in [7, 11) is 1.91. The zero-order valence-corrected chi connectivity index (χ0v) is 85.3. The minimum Gasteiger partial charge on any atom is -0.465 e. The molecule has 0 amide bonds. The van der Waals surface area contributed by atoms with Crippen LogP contribution in [0.15, 0.2) is 0 Å². The Morgan fingerprint density at radius 1 is 0.185 bits per heavy atom. The third-order valence-corrected chi connectivity index (χ3v) is 25.5. The van der Waals surface area contributed by atoms with E-state index in [0.29, 0.717) is 104 Å². The summed E-state index contributed by atoms with van der Waals surface area (Å²) >= 11 is 0. The van der Waals surface area contributed by atoms with Gasteiger partial charge in [-0.15, -0.1) is 0 Å². The van der Waals surface area contributed by atoms with Gasteiger partial charge >= 0.3 is 47.8 Å². The van der Waals surface area contributed by atoms with Crippen molar-refractivity contribution in [2.24, 2.45) is 23.7 Å². The van der Waals surface area contributed by atoms with Crippen molar-refractivity contribution in [2.75, 3.05) is 112 Å². The molecule has 8 unspecified atom stereocenters. The first-order chi connectivity index (χ1) is 63.3. The second-order valence-electron chi connectivity index (χ2n) is 38.0. The minimum atomic E-state index is -1.59. The maximum atomic E-state index is 13.4. The molecule has 0 heterocycles. The van der Waals surface area contributed by atoms with Gasteiger partial charge in [-0.3, -0.25) is 29.0 Å². The Labute approximate surface area is 794 Å². The number of unbranched alkanes of at least 4 members (excludes halogenated alkanes) is 44. The Kier molecular flexibility index (Phi) is 90.2. The predicted molar refractivity (Wildman–Crippen MR) is 526 cm³/mol. The van der Waals surface area contributed by atoms with E-state index in [1.165, 1.54) is 128 Å². The zero-order chi connectivity index (χ0) is 95.6. The molecule has 0 aromatic carbocycles. The van der Waals surface area contributed by atoms with E-state index in [9.17, 15) is 58.8 Å². The maximum Gasteiger partial charge on any atom is 0.336 e.